The van der Waals surface area contributed by atoms with Gasteiger partial charge in [-0.1, -0.05) is 30.3 Å². The standard InChI is InChI=1S/C17H15F4NO2/c1-9(7-13(23)10-5-3-2-4-6-10)22-17(24)14-15(20)11(18)8-12(19)16(14)21/h2-6,8-9,13,23H,7H2,1H3,(H,22,24)/t9-,13-/m1/s1. The molecular weight excluding hydrogens is 326 g/mol. The molecule has 2 atom stereocenters. The summed E-state index contributed by atoms with van der Waals surface area (Å²) in [5.41, 5.74) is -0.721. The molecule has 7 heteroatoms. The van der Waals surface area contributed by atoms with E-state index in [0.717, 1.165) is 0 Å². The van der Waals surface area contributed by atoms with Gasteiger partial charge in [-0.25, -0.2) is 17.6 Å². The predicted octanol–water partition coefficient (Wildman–Crippen LogP) is 3.49. The van der Waals surface area contributed by atoms with Crippen LogP contribution in [0.5, 0.6) is 0 Å². The summed E-state index contributed by atoms with van der Waals surface area (Å²) in [6, 6.07) is 7.92. The highest BCUT2D eigenvalue weighted by atomic mass is 19.2. The first-order chi connectivity index (χ1) is 11.3. The first-order valence-corrected chi connectivity index (χ1v) is 7.18. The van der Waals surface area contributed by atoms with Gasteiger partial charge in [0, 0.05) is 12.1 Å². The highest BCUT2D eigenvalue weighted by Crippen LogP contribution is 2.21. The molecule has 0 saturated heterocycles. The van der Waals surface area contributed by atoms with E-state index in [4.69, 9.17) is 0 Å². The van der Waals surface area contributed by atoms with Crippen molar-refractivity contribution in [3.63, 3.8) is 0 Å². The normalized spacial score (nSPS) is 13.4. The van der Waals surface area contributed by atoms with Gasteiger partial charge in [-0.2, -0.15) is 0 Å². The van der Waals surface area contributed by atoms with Crippen molar-refractivity contribution in [3.05, 3.63) is 70.8 Å². The maximum absolute atomic E-state index is 13.6. The number of carbonyl (C=O) groups excluding carboxylic acids is 1. The van der Waals surface area contributed by atoms with Crippen molar-refractivity contribution in [2.75, 3.05) is 0 Å². The highest BCUT2D eigenvalue weighted by Gasteiger charge is 2.26. The van der Waals surface area contributed by atoms with Crippen LogP contribution in [0.1, 0.15) is 35.4 Å². The second-order valence-corrected chi connectivity index (χ2v) is 5.38. The van der Waals surface area contributed by atoms with Crippen LogP contribution in [-0.4, -0.2) is 17.1 Å². The summed E-state index contributed by atoms with van der Waals surface area (Å²) in [7, 11) is 0. The van der Waals surface area contributed by atoms with Crippen LogP contribution in [-0.2, 0) is 0 Å². The molecule has 2 aromatic rings. The largest absolute Gasteiger partial charge is 0.388 e. The minimum absolute atomic E-state index is 0.0318. The molecule has 0 unspecified atom stereocenters. The number of halogens is 4. The molecular formula is C17H15F4NO2. The number of rotatable bonds is 5. The SMILES string of the molecule is C[C@H](C[C@@H](O)c1ccccc1)NC(=O)c1c(F)c(F)cc(F)c1F. The number of carbonyl (C=O) groups is 1. The number of amides is 1. The number of hydrogen-bond donors (Lipinski definition) is 2. The van der Waals surface area contributed by atoms with Crippen molar-refractivity contribution in [2.24, 2.45) is 0 Å². The average molecular weight is 341 g/mol. The molecule has 0 heterocycles. The van der Waals surface area contributed by atoms with Crippen LogP contribution in [0.4, 0.5) is 17.6 Å². The van der Waals surface area contributed by atoms with E-state index in [-0.39, 0.29) is 12.5 Å². The fourth-order valence-corrected chi connectivity index (χ4v) is 2.27. The van der Waals surface area contributed by atoms with Crippen molar-refractivity contribution < 1.29 is 27.5 Å². The van der Waals surface area contributed by atoms with Gasteiger partial charge in [-0.3, -0.25) is 4.79 Å². The quantitative estimate of drug-likeness (QED) is 0.646. The van der Waals surface area contributed by atoms with Crippen molar-refractivity contribution in [1.82, 2.24) is 5.32 Å². The molecule has 1 amide bonds. The molecule has 0 aromatic heterocycles. The van der Waals surface area contributed by atoms with Crippen molar-refractivity contribution in [1.29, 1.82) is 0 Å². The Balaban J connectivity index is 2.10. The molecule has 2 aromatic carbocycles. The summed E-state index contributed by atoms with van der Waals surface area (Å²) in [6.07, 6.45) is -0.864. The Labute approximate surface area is 135 Å². The lowest BCUT2D eigenvalue weighted by molar-refractivity contribution is 0.0906. The summed E-state index contributed by atoms with van der Waals surface area (Å²) in [5, 5.41) is 12.3. The first-order valence-electron chi connectivity index (χ1n) is 7.18. The van der Waals surface area contributed by atoms with Gasteiger partial charge in [0.2, 0.25) is 0 Å². The van der Waals surface area contributed by atoms with E-state index < -0.39 is 46.9 Å². The van der Waals surface area contributed by atoms with Crippen LogP contribution in [0.3, 0.4) is 0 Å². The molecule has 0 aliphatic rings. The van der Waals surface area contributed by atoms with E-state index in [0.29, 0.717) is 5.56 Å². The predicted molar refractivity (Wildman–Crippen MR) is 79.2 cm³/mol. The molecule has 128 valence electrons. The van der Waals surface area contributed by atoms with Crippen LogP contribution in [0.25, 0.3) is 0 Å². The monoisotopic (exact) mass is 341 g/mol. The lowest BCUT2D eigenvalue weighted by atomic mass is 10.0. The maximum Gasteiger partial charge on any atom is 0.257 e. The Morgan fingerprint density at radius 3 is 2.17 bits per heavy atom. The molecule has 0 aliphatic carbocycles. The molecule has 2 N–H and O–H groups in total. The van der Waals surface area contributed by atoms with Gasteiger partial charge in [0.15, 0.2) is 23.3 Å². The van der Waals surface area contributed by atoms with Gasteiger partial charge >= 0.3 is 0 Å². The fraction of sp³-hybridized carbons (Fsp3) is 0.235. The molecule has 0 bridgehead atoms. The zero-order valence-corrected chi connectivity index (χ0v) is 12.7. The Morgan fingerprint density at radius 2 is 1.62 bits per heavy atom. The van der Waals surface area contributed by atoms with Gasteiger partial charge in [0.05, 0.1) is 6.10 Å². The van der Waals surface area contributed by atoms with Gasteiger partial charge in [-0.05, 0) is 18.9 Å². The lowest BCUT2D eigenvalue weighted by Crippen LogP contribution is -2.35. The van der Waals surface area contributed by atoms with Crippen LogP contribution in [0.15, 0.2) is 36.4 Å². The van der Waals surface area contributed by atoms with Gasteiger partial charge in [0.1, 0.15) is 5.56 Å². The van der Waals surface area contributed by atoms with Crippen LogP contribution in [0, 0.1) is 23.3 Å². The van der Waals surface area contributed by atoms with Gasteiger partial charge in [0.25, 0.3) is 5.91 Å². The van der Waals surface area contributed by atoms with Crippen LogP contribution in [0.2, 0.25) is 0 Å². The van der Waals surface area contributed by atoms with Gasteiger partial charge < -0.3 is 10.4 Å². The molecule has 0 radical (unpaired) electrons. The smallest absolute Gasteiger partial charge is 0.257 e. The second kappa shape index (κ2) is 7.44. The number of hydrogen-bond acceptors (Lipinski definition) is 2. The highest BCUT2D eigenvalue weighted by molar-refractivity contribution is 5.95. The molecule has 0 saturated carbocycles. The van der Waals surface area contributed by atoms with Crippen LogP contribution < -0.4 is 5.32 Å². The van der Waals surface area contributed by atoms with E-state index >= 15 is 0 Å². The lowest BCUT2D eigenvalue weighted by Gasteiger charge is -2.18. The van der Waals surface area contributed by atoms with Crippen LogP contribution >= 0.6 is 0 Å². The van der Waals surface area contributed by atoms with E-state index in [1.54, 1.807) is 30.3 Å². The number of benzene rings is 2. The summed E-state index contributed by atoms with van der Waals surface area (Å²) >= 11 is 0. The topological polar surface area (TPSA) is 49.3 Å². The first kappa shape index (κ1) is 17.9. The Bertz CT molecular complexity index is 711. The number of aliphatic hydroxyl groups is 1. The van der Waals surface area contributed by atoms with E-state index in [2.05, 4.69) is 5.32 Å². The maximum atomic E-state index is 13.6. The number of aliphatic hydroxyl groups excluding tert-OH is 1. The molecule has 2 rings (SSSR count). The minimum atomic E-state index is -1.76. The Kier molecular flexibility index (Phi) is 5.56. The van der Waals surface area contributed by atoms with Gasteiger partial charge in [-0.15, -0.1) is 0 Å². The summed E-state index contributed by atoms with van der Waals surface area (Å²) in [5.74, 6) is -8.13. The summed E-state index contributed by atoms with van der Waals surface area (Å²) in [6.45, 7) is 1.50. The molecule has 0 aliphatic heterocycles. The van der Waals surface area contributed by atoms with Crippen molar-refractivity contribution >= 4 is 5.91 Å². The zero-order chi connectivity index (χ0) is 17.9. The molecule has 24 heavy (non-hydrogen) atoms. The summed E-state index contributed by atoms with van der Waals surface area (Å²) < 4.78 is 53.5. The second-order valence-electron chi connectivity index (χ2n) is 5.38. The third-order valence-corrected chi connectivity index (χ3v) is 3.48. The van der Waals surface area contributed by atoms with E-state index in [1.807, 2.05) is 0 Å². The summed E-state index contributed by atoms with van der Waals surface area (Å²) in [4.78, 5) is 11.9. The van der Waals surface area contributed by atoms with Crippen molar-refractivity contribution in [2.45, 2.75) is 25.5 Å². The Hall–Kier alpha value is -2.41. The zero-order valence-electron chi connectivity index (χ0n) is 12.7. The molecule has 3 nitrogen and oxygen atoms in total. The minimum Gasteiger partial charge on any atom is -0.388 e. The third kappa shape index (κ3) is 3.91. The molecule has 0 spiro atoms. The average Bonchev–Trinajstić information content (AvgIpc) is 2.54. The van der Waals surface area contributed by atoms with E-state index in [9.17, 15) is 27.5 Å². The third-order valence-electron chi connectivity index (χ3n) is 3.48. The fourth-order valence-electron chi connectivity index (χ4n) is 2.27. The Morgan fingerprint density at radius 1 is 1.08 bits per heavy atom. The number of nitrogens with one attached hydrogen (secondary N) is 1. The molecule has 0 fully saturated rings. The van der Waals surface area contributed by atoms with Crippen molar-refractivity contribution in [3.8, 4) is 0 Å². The van der Waals surface area contributed by atoms with E-state index in [1.165, 1.54) is 6.92 Å².